The molecule has 2 aromatic rings. The second kappa shape index (κ2) is 3.34. The van der Waals surface area contributed by atoms with Crippen molar-refractivity contribution in [3.63, 3.8) is 0 Å². The molecule has 2 rings (SSSR count). The molecule has 0 spiro atoms. The molecular formula is C10H11FN4. The first kappa shape index (κ1) is 9.64. The number of rotatable bonds is 1. The lowest BCUT2D eigenvalue weighted by atomic mass is 10.1. The van der Waals surface area contributed by atoms with Gasteiger partial charge in [-0.1, -0.05) is 0 Å². The Labute approximate surface area is 86.6 Å². The number of aromatic nitrogens is 3. The van der Waals surface area contributed by atoms with Gasteiger partial charge in [0.25, 0.3) is 0 Å². The topological polar surface area (TPSA) is 56.7 Å². The number of hydrogen-bond donors (Lipinski definition) is 1. The maximum absolute atomic E-state index is 12.8. The highest BCUT2D eigenvalue weighted by atomic mass is 19.1. The van der Waals surface area contributed by atoms with Crippen LogP contribution in [0.5, 0.6) is 0 Å². The molecule has 0 atom stereocenters. The Hall–Kier alpha value is -1.91. The van der Waals surface area contributed by atoms with Crippen molar-refractivity contribution >= 4 is 5.69 Å². The van der Waals surface area contributed by atoms with Gasteiger partial charge in [0.1, 0.15) is 11.6 Å². The predicted octanol–water partition coefficient (Wildman–Crippen LogP) is 1.51. The van der Waals surface area contributed by atoms with Crippen LogP contribution in [0.3, 0.4) is 0 Å². The van der Waals surface area contributed by atoms with Crippen molar-refractivity contribution in [1.29, 1.82) is 0 Å². The Kier molecular flexibility index (Phi) is 2.15. The largest absolute Gasteiger partial charge is 0.398 e. The smallest absolute Gasteiger partial charge is 0.165 e. The van der Waals surface area contributed by atoms with Gasteiger partial charge < -0.3 is 10.3 Å². The summed E-state index contributed by atoms with van der Waals surface area (Å²) >= 11 is 0. The maximum Gasteiger partial charge on any atom is 0.165 e. The molecule has 0 saturated heterocycles. The Bertz CT molecular complexity index is 504. The molecule has 0 unspecified atom stereocenters. The summed E-state index contributed by atoms with van der Waals surface area (Å²) in [7, 11) is 1.84. The first-order chi connectivity index (χ1) is 7.09. The molecule has 0 amide bonds. The van der Waals surface area contributed by atoms with Crippen LogP contribution >= 0.6 is 0 Å². The number of halogens is 1. The highest BCUT2D eigenvalue weighted by Gasteiger charge is 2.10. The van der Waals surface area contributed by atoms with E-state index in [0.717, 1.165) is 5.82 Å². The SMILES string of the molecule is Cc1nnc(-c2ccc(F)cc2N)n1C. The van der Waals surface area contributed by atoms with Crippen LogP contribution in [0.25, 0.3) is 11.4 Å². The first-order valence-corrected chi connectivity index (χ1v) is 4.51. The van der Waals surface area contributed by atoms with Crippen LogP contribution in [0, 0.1) is 12.7 Å². The van der Waals surface area contributed by atoms with Crippen molar-refractivity contribution in [2.24, 2.45) is 7.05 Å². The molecule has 0 saturated carbocycles. The molecule has 0 aliphatic heterocycles. The van der Waals surface area contributed by atoms with Crippen LogP contribution in [-0.2, 0) is 7.05 Å². The molecule has 78 valence electrons. The number of aryl methyl sites for hydroxylation is 1. The van der Waals surface area contributed by atoms with Crippen molar-refractivity contribution in [3.8, 4) is 11.4 Å². The van der Waals surface area contributed by atoms with Crippen LogP contribution in [-0.4, -0.2) is 14.8 Å². The number of nitrogens with zero attached hydrogens (tertiary/aromatic N) is 3. The fourth-order valence-electron chi connectivity index (χ4n) is 1.38. The van der Waals surface area contributed by atoms with Gasteiger partial charge in [-0.05, 0) is 25.1 Å². The molecule has 1 heterocycles. The van der Waals surface area contributed by atoms with Crippen LogP contribution < -0.4 is 5.73 Å². The molecule has 1 aromatic heterocycles. The van der Waals surface area contributed by atoms with Gasteiger partial charge in [0.05, 0.1) is 0 Å². The zero-order valence-corrected chi connectivity index (χ0v) is 8.53. The molecule has 5 heteroatoms. The van der Waals surface area contributed by atoms with Crippen LogP contribution in [0.2, 0.25) is 0 Å². The molecule has 1 aromatic carbocycles. The summed E-state index contributed by atoms with van der Waals surface area (Å²) in [4.78, 5) is 0. The summed E-state index contributed by atoms with van der Waals surface area (Å²) in [6, 6.07) is 4.24. The Morgan fingerprint density at radius 2 is 2.07 bits per heavy atom. The Morgan fingerprint density at radius 1 is 1.33 bits per heavy atom. The maximum atomic E-state index is 12.8. The fraction of sp³-hybridized carbons (Fsp3) is 0.200. The summed E-state index contributed by atoms with van der Waals surface area (Å²) in [6.07, 6.45) is 0. The number of nitrogens with two attached hydrogens (primary N) is 1. The Morgan fingerprint density at radius 3 is 2.60 bits per heavy atom. The lowest BCUT2D eigenvalue weighted by Crippen LogP contribution is -1.98. The third-order valence-electron chi connectivity index (χ3n) is 2.35. The minimum absolute atomic E-state index is 0.352. The van der Waals surface area contributed by atoms with Crippen molar-refractivity contribution in [2.45, 2.75) is 6.92 Å². The number of benzene rings is 1. The van der Waals surface area contributed by atoms with Crippen molar-refractivity contribution in [1.82, 2.24) is 14.8 Å². The van der Waals surface area contributed by atoms with Gasteiger partial charge >= 0.3 is 0 Å². The van der Waals surface area contributed by atoms with Gasteiger partial charge in [0, 0.05) is 18.3 Å². The molecular weight excluding hydrogens is 195 g/mol. The third kappa shape index (κ3) is 1.56. The van der Waals surface area contributed by atoms with E-state index in [2.05, 4.69) is 10.2 Å². The first-order valence-electron chi connectivity index (χ1n) is 4.51. The standard InChI is InChI=1S/C10H11FN4/c1-6-13-14-10(15(6)2)8-4-3-7(11)5-9(8)12/h3-5H,12H2,1-2H3. The summed E-state index contributed by atoms with van der Waals surface area (Å²) in [6.45, 7) is 1.84. The summed E-state index contributed by atoms with van der Waals surface area (Å²) in [5.74, 6) is 1.08. The van der Waals surface area contributed by atoms with E-state index >= 15 is 0 Å². The minimum Gasteiger partial charge on any atom is -0.398 e. The minimum atomic E-state index is -0.352. The predicted molar refractivity (Wildman–Crippen MR) is 55.5 cm³/mol. The number of anilines is 1. The van der Waals surface area contributed by atoms with Gasteiger partial charge in [-0.3, -0.25) is 0 Å². The third-order valence-corrected chi connectivity index (χ3v) is 2.35. The van der Waals surface area contributed by atoms with Gasteiger partial charge in [-0.15, -0.1) is 10.2 Å². The van der Waals surface area contributed by atoms with E-state index in [1.165, 1.54) is 12.1 Å². The molecule has 4 nitrogen and oxygen atoms in total. The molecule has 0 aliphatic rings. The fourth-order valence-corrected chi connectivity index (χ4v) is 1.38. The summed E-state index contributed by atoms with van der Waals surface area (Å²) < 4.78 is 14.7. The van der Waals surface area contributed by atoms with Gasteiger partial charge in [0.2, 0.25) is 0 Å². The zero-order valence-electron chi connectivity index (χ0n) is 8.53. The average molecular weight is 206 g/mol. The Balaban J connectivity index is 2.59. The van der Waals surface area contributed by atoms with Gasteiger partial charge in [-0.25, -0.2) is 4.39 Å². The summed E-state index contributed by atoms with van der Waals surface area (Å²) in [5.41, 5.74) is 6.77. The second-order valence-corrected chi connectivity index (χ2v) is 3.36. The molecule has 2 N–H and O–H groups in total. The quantitative estimate of drug-likeness (QED) is 0.719. The molecule has 0 radical (unpaired) electrons. The molecule has 0 aliphatic carbocycles. The highest BCUT2D eigenvalue weighted by Crippen LogP contribution is 2.24. The molecule has 0 bridgehead atoms. The molecule has 15 heavy (non-hydrogen) atoms. The lowest BCUT2D eigenvalue weighted by Gasteiger charge is -2.04. The van der Waals surface area contributed by atoms with Crippen molar-refractivity contribution in [2.75, 3.05) is 5.73 Å². The summed E-state index contributed by atoms with van der Waals surface area (Å²) in [5, 5.41) is 7.91. The zero-order chi connectivity index (χ0) is 11.0. The van der Waals surface area contributed by atoms with Crippen LogP contribution in [0.15, 0.2) is 18.2 Å². The van der Waals surface area contributed by atoms with Gasteiger partial charge in [0.15, 0.2) is 5.82 Å². The van der Waals surface area contributed by atoms with Crippen LogP contribution in [0.4, 0.5) is 10.1 Å². The number of hydrogen-bond acceptors (Lipinski definition) is 3. The normalized spacial score (nSPS) is 10.6. The van der Waals surface area contributed by atoms with E-state index < -0.39 is 0 Å². The van der Waals surface area contributed by atoms with Crippen molar-refractivity contribution < 1.29 is 4.39 Å². The van der Waals surface area contributed by atoms with Crippen LogP contribution in [0.1, 0.15) is 5.82 Å². The van der Waals surface area contributed by atoms with Crippen molar-refractivity contribution in [3.05, 3.63) is 29.8 Å². The average Bonchev–Trinajstić information content (AvgIpc) is 2.49. The second-order valence-electron chi connectivity index (χ2n) is 3.36. The van der Waals surface area contributed by atoms with E-state index in [4.69, 9.17) is 5.73 Å². The van der Waals surface area contributed by atoms with E-state index in [0.29, 0.717) is 17.1 Å². The van der Waals surface area contributed by atoms with E-state index in [1.807, 2.05) is 18.5 Å². The monoisotopic (exact) mass is 206 g/mol. The van der Waals surface area contributed by atoms with E-state index in [1.54, 1.807) is 6.07 Å². The lowest BCUT2D eigenvalue weighted by molar-refractivity contribution is 0.628. The van der Waals surface area contributed by atoms with E-state index in [-0.39, 0.29) is 5.82 Å². The number of nitrogen functional groups attached to an aromatic ring is 1. The molecule has 0 fully saturated rings. The highest BCUT2D eigenvalue weighted by molar-refractivity contribution is 5.71. The van der Waals surface area contributed by atoms with E-state index in [9.17, 15) is 4.39 Å². The van der Waals surface area contributed by atoms with Gasteiger partial charge in [-0.2, -0.15) is 0 Å².